The van der Waals surface area contributed by atoms with Crippen molar-refractivity contribution in [2.45, 2.75) is 38.5 Å². The van der Waals surface area contributed by atoms with Crippen LogP contribution in [0.15, 0.2) is 36.8 Å². The van der Waals surface area contributed by atoms with E-state index in [0.717, 1.165) is 42.3 Å². The van der Waals surface area contributed by atoms with Crippen LogP contribution in [-0.4, -0.2) is 33.3 Å². The number of rotatable bonds is 6. The number of anilines is 1. The van der Waals surface area contributed by atoms with E-state index in [2.05, 4.69) is 43.3 Å². The Hall–Kier alpha value is -2.14. The third-order valence-electron chi connectivity index (χ3n) is 6.56. The van der Waals surface area contributed by atoms with Gasteiger partial charge in [-0.3, -0.25) is 5.10 Å². The molecular formula is C22H26ClN5. The summed E-state index contributed by atoms with van der Waals surface area (Å²) in [5.41, 5.74) is 2.56. The van der Waals surface area contributed by atoms with Crippen molar-refractivity contribution >= 4 is 28.5 Å². The van der Waals surface area contributed by atoms with E-state index in [4.69, 9.17) is 11.6 Å². The first-order chi connectivity index (χ1) is 13.8. The largest absolute Gasteiger partial charge is 0.341 e. The Bertz CT molecular complexity index is 930. The molecule has 2 atom stereocenters. The third-order valence-corrected chi connectivity index (χ3v) is 6.75. The molecule has 0 radical (unpaired) electrons. The van der Waals surface area contributed by atoms with Crippen LogP contribution in [0.4, 0.5) is 5.95 Å². The molecule has 2 aliphatic rings. The molecule has 1 aliphatic heterocycles. The summed E-state index contributed by atoms with van der Waals surface area (Å²) in [7, 11) is 0. The first-order valence-electron chi connectivity index (χ1n) is 10.4. The van der Waals surface area contributed by atoms with E-state index >= 15 is 0 Å². The maximum absolute atomic E-state index is 5.89. The Morgan fingerprint density at radius 2 is 1.93 bits per heavy atom. The van der Waals surface area contributed by atoms with Gasteiger partial charge in [0, 0.05) is 18.5 Å². The van der Waals surface area contributed by atoms with Gasteiger partial charge in [-0.2, -0.15) is 5.10 Å². The van der Waals surface area contributed by atoms with E-state index in [9.17, 15) is 0 Å². The third kappa shape index (κ3) is 3.86. The van der Waals surface area contributed by atoms with Crippen LogP contribution in [0, 0.1) is 17.8 Å². The van der Waals surface area contributed by atoms with Crippen molar-refractivity contribution in [1.82, 2.24) is 20.2 Å². The molecule has 1 saturated carbocycles. The molecule has 1 aliphatic carbocycles. The minimum absolute atomic E-state index is 0.601. The molecule has 146 valence electrons. The van der Waals surface area contributed by atoms with E-state index in [1.54, 1.807) is 12.4 Å². The fourth-order valence-corrected chi connectivity index (χ4v) is 4.99. The fraction of sp³-hybridized carbons (Fsp3) is 0.500. The van der Waals surface area contributed by atoms with Gasteiger partial charge in [0.2, 0.25) is 5.95 Å². The molecule has 1 aromatic carbocycles. The van der Waals surface area contributed by atoms with Crippen LogP contribution in [-0.2, 0) is 6.42 Å². The van der Waals surface area contributed by atoms with Crippen LogP contribution < -0.4 is 4.90 Å². The van der Waals surface area contributed by atoms with Gasteiger partial charge >= 0.3 is 0 Å². The number of nitrogens with one attached hydrogen (secondary N) is 1. The monoisotopic (exact) mass is 395 g/mol. The summed E-state index contributed by atoms with van der Waals surface area (Å²) >= 11 is 5.89. The molecule has 2 aromatic heterocycles. The van der Waals surface area contributed by atoms with Gasteiger partial charge in [0.15, 0.2) is 0 Å². The average Bonchev–Trinajstić information content (AvgIpc) is 3.34. The molecule has 6 heteroatoms. The number of H-pyrrole nitrogens is 1. The number of aromatic nitrogens is 4. The summed E-state index contributed by atoms with van der Waals surface area (Å²) in [6.07, 6.45) is 13.1. The Morgan fingerprint density at radius 1 is 1.11 bits per heavy atom. The second kappa shape index (κ2) is 7.70. The van der Waals surface area contributed by atoms with Gasteiger partial charge in [-0.05, 0) is 74.0 Å². The first kappa shape index (κ1) is 17.9. The molecule has 0 unspecified atom stereocenters. The number of hydrogen-bond donors (Lipinski definition) is 1. The maximum Gasteiger partial charge on any atom is 0.225 e. The zero-order valence-corrected chi connectivity index (χ0v) is 16.8. The van der Waals surface area contributed by atoms with Crippen LogP contribution in [0.3, 0.4) is 0 Å². The highest BCUT2D eigenvalue weighted by molar-refractivity contribution is 6.30. The van der Waals surface area contributed by atoms with Crippen molar-refractivity contribution in [1.29, 1.82) is 0 Å². The Labute approximate surface area is 170 Å². The molecule has 2 fully saturated rings. The van der Waals surface area contributed by atoms with E-state index in [1.807, 2.05) is 6.20 Å². The average molecular weight is 396 g/mol. The van der Waals surface area contributed by atoms with Gasteiger partial charge in [0.05, 0.1) is 29.1 Å². The molecule has 0 spiro atoms. The molecule has 1 N–H and O–H groups in total. The lowest BCUT2D eigenvalue weighted by Gasteiger charge is -2.32. The van der Waals surface area contributed by atoms with Crippen molar-refractivity contribution in [2.24, 2.45) is 17.8 Å². The Kier molecular flexibility index (Phi) is 4.93. The molecule has 0 amide bonds. The molecule has 5 nitrogen and oxygen atoms in total. The van der Waals surface area contributed by atoms with Crippen molar-refractivity contribution in [2.75, 3.05) is 18.0 Å². The highest BCUT2D eigenvalue weighted by Crippen LogP contribution is 2.50. The normalized spacial score (nSPS) is 22.7. The summed E-state index contributed by atoms with van der Waals surface area (Å²) in [6, 6.07) is 6.66. The summed E-state index contributed by atoms with van der Waals surface area (Å²) in [5.74, 6) is 3.60. The smallest absolute Gasteiger partial charge is 0.225 e. The van der Waals surface area contributed by atoms with Gasteiger partial charge in [0.1, 0.15) is 0 Å². The molecule has 0 bridgehead atoms. The summed E-state index contributed by atoms with van der Waals surface area (Å²) < 4.78 is 0. The first-order valence-corrected chi connectivity index (χ1v) is 10.8. The van der Waals surface area contributed by atoms with E-state index in [0.29, 0.717) is 5.02 Å². The van der Waals surface area contributed by atoms with E-state index in [-0.39, 0.29) is 0 Å². The van der Waals surface area contributed by atoms with Crippen LogP contribution in [0.5, 0.6) is 0 Å². The SMILES string of the molecule is Clc1cnc(N2CCC([C@H]3C[C@H]3CCCc3ccc4[nH]ncc4c3)CC2)nc1. The lowest BCUT2D eigenvalue weighted by molar-refractivity contribution is 0.341. The van der Waals surface area contributed by atoms with Crippen LogP contribution in [0.2, 0.25) is 5.02 Å². The lowest BCUT2D eigenvalue weighted by Crippen LogP contribution is -2.35. The van der Waals surface area contributed by atoms with Crippen molar-refractivity contribution in [3.63, 3.8) is 0 Å². The molecule has 3 aromatic rings. The fourth-order valence-electron chi connectivity index (χ4n) is 4.89. The lowest BCUT2D eigenvalue weighted by atomic mass is 9.90. The summed E-state index contributed by atoms with van der Waals surface area (Å²) in [4.78, 5) is 11.0. The standard InChI is InChI=1S/C22H26ClN5/c23-19-13-24-22(25-14-19)28-8-6-16(7-9-28)20-11-17(20)3-1-2-15-4-5-21-18(10-15)12-26-27-21/h4-5,10,12-14,16-17,20H,1-3,6-9,11H2,(H,26,27)/t17-,20-/m1/s1. The number of hydrogen-bond acceptors (Lipinski definition) is 4. The predicted molar refractivity (Wildman–Crippen MR) is 113 cm³/mol. The van der Waals surface area contributed by atoms with Crippen molar-refractivity contribution in [3.05, 3.63) is 47.4 Å². The van der Waals surface area contributed by atoms with Crippen molar-refractivity contribution in [3.8, 4) is 0 Å². The minimum Gasteiger partial charge on any atom is -0.341 e. The van der Waals surface area contributed by atoms with Gasteiger partial charge < -0.3 is 4.90 Å². The molecule has 1 saturated heterocycles. The number of aryl methyl sites for hydroxylation is 1. The maximum atomic E-state index is 5.89. The van der Waals surface area contributed by atoms with Crippen LogP contribution in [0.1, 0.15) is 37.7 Å². The van der Waals surface area contributed by atoms with E-state index in [1.165, 1.54) is 49.5 Å². The zero-order chi connectivity index (χ0) is 18.9. The molecule has 3 heterocycles. The van der Waals surface area contributed by atoms with E-state index < -0.39 is 0 Å². The van der Waals surface area contributed by atoms with Crippen molar-refractivity contribution < 1.29 is 0 Å². The highest BCUT2D eigenvalue weighted by Gasteiger charge is 2.42. The van der Waals surface area contributed by atoms with Crippen LogP contribution >= 0.6 is 11.6 Å². The number of aromatic amines is 1. The topological polar surface area (TPSA) is 57.7 Å². The van der Waals surface area contributed by atoms with Crippen LogP contribution in [0.25, 0.3) is 10.9 Å². The minimum atomic E-state index is 0.601. The number of piperidine rings is 1. The number of halogens is 1. The van der Waals surface area contributed by atoms with Gasteiger partial charge in [0.25, 0.3) is 0 Å². The van der Waals surface area contributed by atoms with Gasteiger partial charge in [-0.1, -0.05) is 17.7 Å². The summed E-state index contributed by atoms with van der Waals surface area (Å²) in [5, 5.41) is 8.95. The zero-order valence-electron chi connectivity index (χ0n) is 16.0. The van der Waals surface area contributed by atoms with Gasteiger partial charge in [-0.15, -0.1) is 0 Å². The molecule has 28 heavy (non-hydrogen) atoms. The highest BCUT2D eigenvalue weighted by atomic mass is 35.5. The molecule has 5 rings (SSSR count). The van der Waals surface area contributed by atoms with Gasteiger partial charge in [-0.25, -0.2) is 9.97 Å². The number of nitrogens with zero attached hydrogens (tertiary/aromatic N) is 4. The Balaban J connectivity index is 1.06. The number of benzene rings is 1. The molecular weight excluding hydrogens is 370 g/mol. The Morgan fingerprint density at radius 3 is 2.75 bits per heavy atom. The second-order valence-corrected chi connectivity index (χ2v) is 8.81. The predicted octanol–water partition coefficient (Wildman–Crippen LogP) is 4.88. The quantitative estimate of drug-likeness (QED) is 0.646. The summed E-state index contributed by atoms with van der Waals surface area (Å²) in [6.45, 7) is 2.14. The number of fused-ring (bicyclic) bond motifs is 1. The second-order valence-electron chi connectivity index (χ2n) is 8.37.